The van der Waals surface area contributed by atoms with Crippen molar-refractivity contribution in [3.63, 3.8) is 0 Å². The zero-order chi connectivity index (χ0) is 11.7. The van der Waals surface area contributed by atoms with Crippen LogP contribution in [0.25, 0.3) is 11.1 Å². The SMILES string of the molecule is Nc1ccc(Br)cc1-c1c(N)cccc1Cl. The summed E-state index contributed by atoms with van der Waals surface area (Å²) in [5, 5.41) is 0.602. The molecule has 0 saturated carbocycles. The number of nitrogens with two attached hydrogens (primary N) is 2. The molecule has 0 unspecified atom stereocenters. The first-order valence-electron chi connectivity index (χ1n) is 4.69. The minimum atomic E-state index is 0.602. The molecule has 0 fully saturated rings. The molecule has 4 N–H and O–H groups in total. The van der Waals surface area contributed by atoms with E-state index < -0.39 is 0 Å². The van der Waals surface area contributed by atoms with E-state index in [2.05, 4.69) is 15.9 Å². The third kappa shape index (κ3) is 2.01. The van der Waals surface area contributed by atoms with Crippen molar-refractivity contribution in [1.82, 2.24) is 0 Å². The van der Waals surface area contributed by atoms with Gasteiger partial charge in [-0.05, 0) is 30.3 Å². The molecule has 0 aliphatic carbocycles. The summed E-state index contributed by atoms with van der Waals surface area (Å²) in [5.41, 5.74) is 14.7. The molecule has 0 saturated heterocycles. The minimum Gasteiger partial charge on any atom is -0.398 e. The summed E-state index contributed by atoms with van der Waals surface area (Å²) < 4.78 is 0.941. The van der Waals surface area contributed by atoms with Gasteiger partial charge in [-0.25, -0.2) is 0 Å². The second-order valence-corrected chi connectivity index (χ2v) is 4.76. The second kappa shape index (κ2) is 4.36. The third-order valence-electron chi connectivity index (χ3n) is 2.33. The van der Waals surface area contributed by atoms with Gasteiger partial charge in [-0.15, -0.1) is 0 Å². The zero-order valence-corrected chi connectivity index (χ0v) is 10.7. The molecular formula is C12H10BrClN2. The van der Waals surface area contributed by atoms with Crippen molar-refractivity contribution in [2.75, 3.05) is 11.5 Å². The predicted molar refractivity (Wildman–Crippen MR) is 73.4 cm³/mol. The summed E-state index contributed by atoms with van der Waals surface area (Å²) >= 11 is 9.54. The van der Waals surface area contributed by atoms with E-state index >= 15 is 0 Å². The molecule has 0 aromatic heterocycles. The van der Waals surface area contributed by atoms with Crippen LogP contribution < -0.4 is 11.5 Å². The van der Waals surface area contributed by atoms with Crippen LogP contribution in [-0.4, -0.2) is 0 Å². The van der Waals surface area contributed by atoms with Crippen LogP contribution in [0, 0.1) is 0 Å². The fraction of sp³-hybridized carbons (Fsp3) is 0. The van der Waals surface area contributed by atoms with Crippen LogP contribution >= 0.6 is 27.5 Å². The van der Waals surface area contributed by atoms with Crippen LogP contribution in [0.15, 0.2) is 40.9 Å². The van der Waals surface area contributed by atoms with E-state index in [-0.39, 0.29) is 0 Å². The highest BCUT2D eigenvalue weighted by molar-refractivity contribution is 9.10. The summed E-state index contributed by atoms with van der Waals surface area (Å²) in [6.07, 6.45) is 0. The average molecular weight is 298 g/mol. The van der Waals surface area contributed by atoms with Gasteiger partial charge in [-0.3, -0.25) is 0 Å². The first-order chi connectivity index (χ1) is 7.59. The minimum absolute atomic E-state index is 0.602. The number of anilines is 2. The molecule has 2 rings (SSSR count). The maximum absolute atomic E-state index is 6.14. The third-order valence-corrected chi connectivity index (χ3v) is 3.14. The maximum atomic E-state index is 6.14. The Balaban J connectivity index is 2.72. The number of hydrogen-bond donors (Lipinski definition) is 2. The van der Waals surface area contributed by atoms with Crippen molar-refractivity contribution in [2.24, 2.45) is 0 Å². The summed E-state index contributed by atoms with van der Waals surface area (Å²) in [4.78, 5) is 0. The van der Waals surface area contributed by atoms with Crippen molar-refractivity contribution in [2.45, 2.75) is 0 Å². The lowest BCUT2D eigenvalue weighted by atomic mass is 10.0. The van der Waals surface area contributed by atoms with Gasteiger partial charge in [-0.1, -0.05) is 33.6 Å². The number of hydrogen-bond acceptors (Lipinski definition) is 2. The van der Waals surface area contributed by atoms with Gasteiger partial charge in [0.05, 0.1) is 5.02 Å². The van der Waals surface area contributed by atoms with Gasteiger partial charge in [0.25, 0.3) is 0 Å². The van der Waals surface area contributed by atoms with Gasteiger partial charge in [0.15, 0.2) is 0 Å². The standard InChI is InChI=1S/C12H10BrClN2/c13-7-4-5-10(15)8(6-7)12-9(14)2-1-3-11(12)16/h1-6H,15-16H2. The van der Waals surface area contributed by atoms with Crippen molar-refractivity contribution in [3.05, 3.63) is 45.9 Å². The molecule has 0 radical (unpaired) electrons. The largest absolute Gasteiger partial charge is 0.398 e. The van der Waals surface area contributed by atoms with Crippen LogP contribution in [0.3, 0.4) is 0 Å². The summed E-state index contributed by atoms with van der Waals surface area (Å²) in [6.45, 7) is 0. The number of nitrogen functional groups attached to an aromatic ring is 2. The maximum Gasteiger partial charge on any atom is 0.0505 e. The second-order valence-electron chi connectivity index (χ2n) is 3.44. The van der Waals surface area contributed by atoms with Crippen LogP contribution in [0.5, 0.6) is 0 Å². The topological polar surface area (TPSA) is 52.0 Å². The molecule has 2 nitrogen and oxygen atoms in total. The highest BCUT2D eigenvalue weighted by Crippen LogP contribution is 2.37. The monoisotopic (exact) mass is 296 g/mol. The first kappa shape index (κ1) is 11.3. The lowest BCUT2D eigenvalue weighted by Gasteiger charge is -2.11. The van der Waals surface area contributed by atoms with Gasteiger partial charge < -0.3 is 11.5 Å². The molecule has 2 aromatic carbocycles. The molecule has 4 heteroatoms. The van der Waals surface area contributed by atoms with E-state index in [1.165, 1.54) is 0 Å². The molecule has 0 bridgehead atoms. The fourth-order valence-electron chi connectivity index (χ4n) is 1.57. The average Bonchev–Trinajstić information content (AvgIpc) is 2.23. The van der Waals surface area contributed by atoms with Crippen molar-refractivity contribution in [1.29, 1.82) is 0 Å². The fourth-order valence-corrected chi connectivity index (χ4v) is 2.21. The van der Waals surface area contributed by atoms with Gasteiger partial charge >= 0.3 is 0 Å². The normalized spacial score (nSPS) is 10.4. The molecule has 82 valence electrons. The van der Waals surface area contributed by atoms with Crippen LogP contribution in [0.2, 0.25) is 5.02 Å². The van der Waals surface area contributed by atoms with Crippen molar-refractivity contribution in [3.8, 4) is 11.1 Å². The van der Waals surface area contributed by atoms with Crippen molar-refractivity contribution >= 4 is 38.9 Å². The Labute approximate surface area is 107 Å². The Kier molecular flexibility index (Phi) is 3.08. The molecule has 0 amide bonds. The van der Waals surface area contributed by atoms with Gasteiger partial charge in [0.2, 0.25) is 0 Å². The zero-order valence-electron chi connectivity index (χ0n) is 8.37. The first-order valence-corrected chi connectivity index (χ1v) is 5.86. The molecule has 0 heterocycles. The molecule has 0 aliphatic heterocycles. The van der Waals surface area contributed by atoms with Gasteiger partial charge in [0.1, 0.15) is 0 Å². The molecular weight excluding hydrogens is 288 g/mol. The number of halogens is 2. The smallest absolute Gasteiger partial charge is 0.0505 e. The summed E-state index contributed by atoms with van der Waals surface area (Å²) in [7, 11) is 0. The van der Waals surface area contributed by atoms with E-state index in [4.69, 9.17) is 23.1 Å². The Morgan fingerprint density at radius 2 is 1.75 bits per heavy atom. The van der Waals surface area contributed by atoms with Crippen molar-refractivity contribution < 1.29 is 0 Å². The summed E-state index contributed by atoms with van der Waals surface area (Å²) in [5.74, 6) is 0. The molecule has 0 spiro atoms. The molecule has 0 atom stereocenters. The predicted octanol–water partition coefficient (Wildman–Crippen LogP) is 3.93. The lowest BCUT2D eigenvalue weighted by Crippen LogP contribution is -1.95. The Morgan fingerprint density at radius 3 is 2.44 bits per heavy atom. The van der Waals surface area contributed by atoms with Crippen LogP contribution in [0.1, 0.15) is 0 Å². The van der Waals surface area contributed by atoms with Gasteiger partial charge in [-0.2, -0.15) is 0 Å². The highest BCUT2D eigenvalue weighted by Gasteiger charge is 2.10. The number of rotatable bonds is 1. The molecule has 0 aliphatic rings. The quantitative estimate of drug-likeness (QED) is 0.784. The van der Waals surface area contributed by atoms with E-state index in [1.807, 2.05) is 30.3 Å². The molecule has 16 heavy (non-hydrogen) atoms. The van der Waals surface area contributed by atoms with Gasteiger partial charge in [0, 0.05) is 27.0 Å². The van der Waals surface area contributed by atoms with Crippen LogP contribution in [-0.2, 0) is 0 Å². The van der Waals surface area contributed by atoms with Crippen LogP contribution in [0.4, 0.5) is 11.4 Å². The van der Waals surface area contributed by atoms with E-state index in [0.29, 0.717) is 16.4 Å². The summed E-state index contributed by atoms with van der Waals surface area (Å²) in [6, 6.07) is 11.0. The molecule has 2 aromatic rings. The lowest BCUT2D eigenvalue weighted by molar-refractivity contribution is 1.58. The van der Waals surface area contributed by atoms with E-state index in [0.717, 1.165) is 15.6 Å². The highest BCUT2D eigenvalue weighted by atomic mass is 79.9. The Morgan fingerprint density at radius 1 is 1.00 bits per heavy atom. The Hall–Kier alpha value is -1.19. The van der Waals surface area contributed by atoms with E-state index in [1.54, 1.807) is 6.07 Å². The Bertz CT molecular complexity index is 520. The number of benzene rings is 2. The van der Waals surface area contributed by atoms with E-state index in [9.17, 15) is 0 Å².